The first-order valence-electron chi connectivity index (χ1n) is 9.78. The van der Waals surface area contributed by atoms with E-state index < -0.39 is 5.97 Å². The predicted molar refractivity (Wildman–Crippen MR) is 119 cm³/mol. The third-order valence-electron chi connectivity index (χ3n) is 4.30. The number of rotatable bonds is 8. The van der Waals surface area contributed by atoms with Gasteiger partial charge < -0.3 is 19.2 Å². The van der Waals surface area contributed by atoms with E-state index in [0.29, 0.717) is 29.3 Å². The van der Waals surface area contributed by atoms with Crippen LogP contribution in [0.3, 0.4) is 0 Å². The number of H-pyrrole nitrogens is 1. The van der Waals surface area contributed by atoms with Crippen LogP contribution >= 0.6 is 11.6 Å². The normalized spacial score (nSPS) is 11.3. The Kier molecular flexibility index (Phi) is 7.16. The Hall–Kier alpha value is -3.50. The van der Waals surface area contributed by atoms with Crippen molar-refractivity contribution < 1.29 is 19.0 Å². The van der Waals surface area contributed by atoms with Gasteiger partial charge in [0.1, 0.15) is 11.9 Å². The lowest BCUT2D eigenvalue weighted by atomic mass is 10.1. The quantitative estimate of drug-likeness (QED) is 0.394. The molecule has 1 aromatic heterocycles. The molecule has 0 saturated carbocycles. The molecule has 1 N–H and O–H groups in total. The molecule has 160 valence electrons. The van der Waals surface area contributed by atoms with Crippen molar-refractivity contribution in [1.82, 2.24) is 9.97 Å². The fraction of sp³-hybridized carbons (Fsp3) is 0.261. The lowest BCUT2D eigenvalue weighted by Crippen LogP contribution is -2.15. The number of carbonyl (C=O) groups is 1. The summed E-state index contributed by atoms with van der Waals surface area (Å²) in [5.74, 6) is 0.561. The highest BCUT2D eigenvalue weighted by Crippen LogP contribution is 2.37. The number of aryl methyl sites for hydroxylation is 1. The van der Waals surface area contributed by atoms with Crippen LogP contribution < -0.4 is 9.47 Å². The second-order valence-electron chi connectivity index (χ2n) is 6.63. The number of carbonyl (C=O) groups excluding carboxylic acids is 1. The zero-order valence-electron chi connectivity index (χ0n) is 17.5. The van der Waals surface area contributed by atoms with Gasteiger partial charge in [-0.25, -0.2) is 9.78 Å². The van der Waals surface area contributed by atoms with Crippen LogP contribution in [0.4, 0.5) is 0 Å². The Morgan fingerprint density at radius 1 is 1.23 bits per heavy atom. The lowest BCUT2D eigenvalue weighted by Gasteiger charge is -2.14. The van der Waals surface area contributed by atoms with Gasteiger partial charge in [0, 0.05) is 0 Å². The molecule has 0 aliphatic carbocycles. The number of fused-ring (bicyclic) bond motifs is 1. The molecule has 0 unspecified atom stereocenters. The summed E-state index contributed by atoms with van der Waals surface area (Å²) < 4.78 is 16.0. The van der Waals surface area contributed by atoms with Gasteiger partial charge in [-0.15, -0.1) is 0 Å². The number of aromatic amines is 1. The SMILES string of the molecule is CCOC(=O)COc1c(Cl)cc(/C=C(/C#N)c2nc3ccc(C)cc3[nH]2)cc1OCC. The highest BCUT2D eigenvalue weighted by atomic mass is 35.5. The second kappa shape index (κ2) is 10.0. The zero-order valence-corrected chi connectivity index (χ0v) is 18.2. The van der Waals surface area contributed by atoms with E-state index in [2.05, 4.69) is 16.0 Å². The van der Waals surface area contributed by atoms with Crippen molar-refractivity contribution >= 4 is 40.3 Å². The van der Waals surface area contributed by atoms with E-state index in [9.17, 15) is 10.1 Å². The van der Waals surface area contributed by atoms with E-state index >= 15 is 0 Å². The summed E-state index contributed by atoms with van der Waals surface area (Å²) in [6.45, 7) is 5.87. The standard InChI is InChI=1S/C23H22ClN3O4/c1-4-29-20-11-15(10-17(24)22(20)31-13-21(28)30-5-2)9-16(12-25)23-26-18-7-6-14(3)8-19(18)27-23/h6-11H,4-5,13H2,1-3H3,(H,26,27)/b16-9-. The van der Waals surface area contributed by atoms with Crippen molar-refractivity contribution in [1.29, 1.82) is 5.26 Å². The van der Waals surface area contributed by atoms with Gasteiger partial charge in [-0.3, -0.25) is 0 Å². The largest absolute Gasteiger partial charge is 0.490 e. The summed E-state index contributed by atoms with van der Waals surface area (Å²) in [6.07, 6.45) is 1.66. The Bertz CT molecular complexity index is 1180. The maximum atomic E-state index is 11.6. The van der Waals surface area contributed by atoms with Crippen molar-refractivity contribution in [3.63, 3.8) is 0 Å². The summed E-state index contributed by atoms with van der Waals surface area (Å²) in [5, 5.41) is 9.94. The minimum Gasteiger partial charge on any atom is -0.490 e. The number of halogens is 1. The number of ether oxygens (including phenoxy) is 3. The van der Waals surface area contributed by atoms with Crippen molar-refractivity contribution in [3.8, 4) is 17.6 Å². The van der Waals surface area contributed by atoms with E-state index in [1.165, 1.54) is 0 Å². The van der Waals surface area contributed by atoms with Gasteiger partial charge in [-0.05, 0) is 62.2 Å². The first-order chi connectivity index (χ1) is 14.9. The monoisotopic (exact) mass is 439 g/mol. The van der Waals surface area contributed by atoms with Crippen molar-refractivity contribution in [3.05, 3.63) is 52.3 Å². The van der Waals surface area contributed by atoms with Crippen molar-refractivity contribution in [2.45, 2.75) is 20.8 Å². The van der Waals surface area contributed by atoms with Crippen LogP contribution in [-0.2, 0) is 9.53 Å². The minimum atomic E-state index is -0.503. The third-order valence-corrected chi connectivity index (χ3v) is 4.58. The number of nitriles is 1. The van der Waals surface area contributed by atoms with Gasteiger partial charge in [0.15, 0.2) is 18.1 Å². The van der Waals surface area contributed by atoms with Gasteiger partial charge in [0.25, 0.3) is 0 Å². The van der Waals surface area contributed by atoms with E-state index in [1.807, 2.05) is 32.0 Å². The van der Waals surface area contributed by atoms with Gasteiger partial charge in [0.2, 0.25) is 0 Å². The molecule has 0 bridgehead atoms. The topological polar surface area (TPSA) is 97.2 Å². The molecule has 7 nitrogen and oxygen atoms in total. The number of allylic oxidation sites excluding steroid dienone is 1. The van der Waals surface area contributed by atoms with Gasteiger partial charge in [-0.2, -0.15) is 5.26 Å². The maximum Gasteiger partial charge on any atom is 0.344 e. The minimum absolute atomic E-state index is 0.242. The molecule has 0 amide bonds. The zero-order chi connectivity index (χ0) is 22.4. The molecule has 0 aliphatic rings. The second-order valence-corrected chi connectivity index (χ2v) is 7.04. The molecule has 0 radical (unpaired) electrons. The number of hydrogen-bond donors (Lipinski definition) is 1. The summed E-state index contributed by atoms with van der Waals surface area (Å²) in [7, 11) is 0. The molecular weight excluding hydrogens is 418 g/mol. The number of nitrogens with zero attached hydrogens (tertiary/aromatic N) is 2. The third kappa shape index (κ3) is 5.36. The molecule has 0 saturated heterocycles. The van der Waals surface area contributed by atoms with Crippen molar-refractivity contribution in [2.24, 2.45) is 0 Å². The summed E-state index contributed by atoms with van der Waals surface area (Å²) in [6, 6.07) is 11.3. The fourth-order valence-corrected chi connectivity index (χ4v) is 3.25. The molecule has 3 aromatic rings. The van der Waals surface area contributed by atoms with E-state index in [1.54, 1.807) is 25.1 Å². The molecule has 0 atom stereocenters. The molecule has 3 rings (SSSR count). The molecule has 0 aliphatic heterocycles. The van der Waals surface area contributed by atoms with Gasteiger partial charge in [-0.1, -0.05) is 17.7 Å². The average molecular weight is 440 g/mol. The number of nitrogens with one attached hydrogen (secondary N) is 1. The van der Waals surface area contributed by atoms with Crippen LogP contribution in [0.25, 0.3) is 22.7 Å². The Morgan fingerprint density at radius 2 is 2.03 bits per heavy atom. The lowest BCUT2D eigenvalue weighted by molar-refractivity contribution is -0.145. The first kappa shape index (κ1) is 22.2. The Balaban J connectivity index is 1.95. The van der Waals surface area contributed by atoms with Crippen LogP contribution in [0.2, 0.25) is 5.02 Å². The van der Waals surface area contributed by atoms with Gasteiger partial charge >= 0.3 is 5.97 Å². The molecular formula is C23H22ClN3O4. The fourth-order valence-electron chi connectivity index (χ4n) is 2.98. The van der Waals surface area contributed by atoms with Crippen LogP contribution in [0.15, 0.2) is 30.3 Å². The molecule has 0 fully saturated rings. The Morgan fingerprint density at radius 3 is 2.74 bits per heavy atom. The van der Waals surface area contributed by atoms with Crippen LogP contribution in [-0.4, -0.2) is 35.8 Å². The summed E-state index contributed by atoms with van der Waals surface area (Å²) >= 11 is 6.39. The van der Waals surface area contributed by atoms with Crippen molar-refractivity contribution in [2.75, 3.05) is 19.8 Å². The molecule has 8 heteroatoms. The summed E-state index contributed by atoms with van der Waals surface area (Å²) in [4.78, 5) is 19.3. The van der Waals surface area contributed by atoms with E-state index in [4.69, 9.17) is 25.8 Å². The maximum absolute atomic E-state index is 11.6. The molecule has 31 heavy (non-hydrogen) atoms. The number of benzene rings is 2. The summed E-state index contributed by atoms with van der Waals surface area (Å²) in [5.41, 5.74) is 3.69. The average Bonchev–Trinajstić information content (AvgIpc) is 3.14. The van der Waals surface area contributed by atoms with E-state index in [0.717, 1.165) is 16.6 Å². The Labute approximate surface area is 185 Å². The first-order valence-corrected chi connectivity index (χ1v) is 10.2. The van der Waals surface area contributed by atoms with Gasteiger partial charge in [0.05, 0.1) is 34.8 Å². The number of esters is 1. The molecule has 1 heterocycles. The predicted octanol–water partition coefficient (Wildman–Crippen LogP) is 4.93. The molecule has 0 spiro atoms. The van der Waals surface area contributed by atoms with Crippen LogP contribution in [0, 0.1) is 18.3 Å². The highest BCUT2D eigenvalue weighted by Gasteiger charge is 2.15. The van der Waals surface area contributed by atoms with E-state index in [-0.39, 0.29) is 24.0 Å². The number of aromatic nitrogens is 2. The van der Waals surface area contributed by atoms with Crippen LogP contribution in [0.5, 0.6) is 11.5 Å². The highest BCUT2D eigenvalue weighted by molar-refractivity contribution is 6.32. The molecule has 2 aromatic carbocycles. The smallest absolute Gasteiger partial charge is 0.344 e. The van der Waals surface area contributed by atoms with Crippen LogP contribution in [0.1, 0.15) is 30.8 Å². The number of imidazole rings is 1. The number of hydrogen-bond acceptors (Lipinski definition) is 6.